The first-order chi connectivity index (χ1) is 13.2. The van der Waals surface area contributed by atoms with E-state index in [0.717, 1.165) is 13.1 Å². The molecule has 1 N–H and O–H groups in total. The molecular formula is C21H22N4O2. The summed E-state index contributed by atoms with van der Waals surface area (Å²) < 4.78 is 1.39. The van der Waals surface area contributed by atoms with Gasteiger partial charge in [0.25, 0.3) is 11.5 Å². The molecule has 1 atom stereocenters. The lowest BCUT2D eigenvalue weighted by Crippen LogP contribution is -2.38. The molecule has 1 fully saturated rings. The number of benzene rings is 1. The monoisotopic (exact) mass is 362 g/mol. The second-order valence-electron chi connectivity index (χ2n) is 6.79. The van der Waals surface area contributed by atoms with Gasteiger partial charge in [-0.3, -0.25) is 18.9 Å². The lowest BCUT2D eigenvalue weighted by molar-refractivity contribution is 0.0936. The maximum atomic E-state index is 12.7. The van der Waals surface area contributed by atoms with Crippen LogP contribution in [-0.4, -0.2) is 39.8 Å². The summed E-state index contributed by atoms with van der Waals surface area (Å²) in [4.78, 5) is 31.9. The lowest BCUT2D eigenvalue weighted by Gasteiger charge is -2.28. The molecule has 1 aliphatic rings. The van der Waals surface area contributed by atoms with Crippen LogP contribution in [0.1, 0.15) is 34.8 Å². The molecule has 0 saturated carbocycles. The SMILES string of the molecule is O=C(NC[C@H](c1ccccc1)N1CCCC1)c1cnc2ccccn2c1=O. The molecule has 6 heteroatoms. The summed E-state index contributed by atoms with van der Waals surface area (Å²) >= 11 is 0. The predicted octanol–water partition coefficient (Wildman–Crippen LogP) is 2.26. The van der Waals surface area contributed by atoms with Crippen molar-refractivity contribution >= 4 is 11.6 Å². The number of nitrogens with one attached hydrogen (secondary N) is 1. The van der Waals surface area contributed by atoms with E-state index in [-0.39, 0.29) is 23.1 Å². The van der Waals surface area contributed by atoms with Crippen molar-refractivity contribution in [3.63, 3.8) is 0 Å². The number of fused-ring (bicyclic) bond motifs is 1. The van der Waals surface area contributed by atoms with E-state index in [1.807, 2.05) is 24.3 Å². The second-order valence-corrected chi connectivity index (χ2v) is 6.79. The zero-order valence-electron chi connectivity index (χ0n) is 15.0. The summed E-state index contributed by atoms with van der Waals surface area (Å²) in [5, 5.41) is 2.95. The van der Waals surface area contributed by atoms with Crippen LogP contribution in [-0.2, 0) is 0 Å². The van der Waals surface area contributed by atoms with Crippen LogP contribution in [0.25, 0.3) is 5.65 Å². The van der Waals surface area contributed by atoms with Crippen LogP contribution in [0, 0.1) is 0 Å². The van der Waals surface area contributed by atoms with Gasteiger partial charge >= 0.3 is 0 Å². The fourth-order valence-electron chi connectivity index (χ4n) is 3.65. The predicted molar refractivity (Wildman–Crippen MR) is 104 cm³/mol. The number of hydrogen-bond donors (Lipinski definition) is 1. The van der Waals surface area contributed by atoms with E-state index in [9.17, 15) is 9.59 Å². The Balaban J connectivity index is 1.55. The van der Waals surface area contributed by atoms with Crippen LogP contribution >= 0.6 is 0 Å². The average Bonchev–Trinajstić information content (AvgIpc) is 3.24. The normalized spacial score (nSPS) is 15.7. The number of carbonyl (C=O) groups is 1. The Bertz CT molecular complexity index is 994. The Hall–Kier alpha value is -2.99. The minimum absolute atomic E-state index is 0.0620. The van der Waals surface area contributed by atoms with Crippen molar-refractivity contribution in [3.8, 4) is 0 Å². The summed E-state index contributed by atoms with van der Waals surface area (Å²) in [5.41, 5.74) is 1.41. The highest BCUT2D eigenvalue weighted by Gasteiger charge is 2.24. The van der Waals surface area contributed by atoms with E-state index in [4.69, 9.17) is 0 Å². The topological polar surface area (TPSA) is 66.7 Å². The highest BCUT2D eigenvalue weighted by Crippen LogP contribution is 2.24. The van der Waals surface area contributed by atoms with E-state index in [2.05, 4.69) is 27.3 Å². The van der Waals surface area contributed by atoms with Crippen LogP contribution < -0.4 is 10.9 Å². The van der Waals surface area contributed by atoms with Crippen molar-refractivity contribution < 1.29 is 4.79 Å². The van der Waals surface area contributed by atoms with E-state index < -0.39 is 0 Å². The van der Waals surface area contributed by atoms with Gasteiger partial charge in [0, 0.05) is 18.9 Å². The van der Waals surface area contributed by atoms with Gasteiger partial charge in [-0.15, -0.1) is 0 Å². The molecular weight excluding hydrogens is 340 g/mol. The smallest absolute Gasteiger partial charge is 0.270 e. The summed E-state index contributed by atoms with van der Waals surface area (Å²) in [5.74, 6) is -0.383. The van der Waals surface area contributed by atoms with Gasteiger partial charge in [0.1, 0.15) is 11.2 Å². The van der Waals surface area contributed by atoms with E-state index >= 15 is 0 Å². The van der Waals surface area contributed by atoms with E-state index in [1.165, 1.54) is 29.0 Å². The minimum atomic E-state index is -0.383. The number of aromatic nitrogens is 2. The summed E-state index contributed by atoms with van der Waals surface area (Å²) in [6.45, 7) is 2.50. The molecule has 0 radical (unpaired) electrons. The Labute approximate surface area is 157 Å². The first kappa shape index (κ1) is 17.4. The standard InChI is InChI=1S/C21H22N4O2/c26-20(17-14-22-19-10-4-5-13-25(19)21(17)27)23-15-18(24-11-6-7-12-24)16-8-2-1-3-9-16/h1-5,8-10,13-14,18H,6-7,11-12,15H2,(H,23,26)/t18-/m1/s1. The number of amides is 1. The molecule has 1 saturated heterocycles. The number of pyridine rings is 1. The molecule has 0 spiro atoms. The number of nitrogens with zero attached hydrogens (tertiary/aromatic N) is 3. The first-order valence-corrected chi connectivity index (χ1v) is 9.27. The molecule has 1 aliphatic heterocycles. The van der Waals surface area contributed by atoms with Gasteiger partial charge in [-0.1, -0.05) is 36.4 Å². The van der Waals surface area contributed by atoms with Crippen molar-refractivity contribution in [3.05, 3.63) is 82.4 Å². The van der Waals surface area contributed by atoms with Crippen molar-refractivity contribution in [2.24, 2.45) is 0 Å². The van der Waals surface area contributed by atoms with Crippen LogP contribution in [0.4, 0.5) is 0 Å². The van der Waals surface area contributed by atoms with Crippen LogP contribution in [0.15, 0.2) is 65.7 Å². The summed E-state index contributed by atoms with van der Waals surface area (Å²) in [6, 6.07) is 15.6. The molecule has 2 aromatic heterocycles. The van der Waals surface area contributed by atoms with Crippen molar-refractivity contribution in [1.29, 1.82) is 0 Å². The summed E-state index contributed by atoms with van der Waals surface area (Å²) in [7, 11) is 0. The maximum absolute atomic E-state index is 12.7. The molecule has 3 heterocycles. The molecule has 1 amide bonds. The average molecular weight is 362 g/mol. The fraction of sp³-hybridized carbons (Fsp3) is 0.286. The minimum Gasteiger partial charge on any atom is -0.350 e. The largest absolute Gasteiger partial charge is 0.350 e. The fourth-order valence-corrected chi connectivity index (χ4v) is 3.65. The van der Waals surface area contributed by atoms with Gasteiger partial charge in [0.15, 0.2) is 0 Å². The Morgan fingerprint density at radius 1 is 1.07 bits per heavy atom. The van der Waals surface area contributed by atoms with Gasteiger partial charge in [-0.25, -0.2) is 4.98 Å². The van der Waals surface area contributed by atoms with Crippen LogP contribution in [0.5, 0.6) is 0 Å². The number of hydrogen-bond acceptors (Lipinski definition) is 4. The maximum Gasteiger partial charge on any atom is 0.270 e. The third kappa shape index (κ3) is 3.61. The number of likely N-dealkylation sites (tertiary alicyclic amines) is 1. The zero-order valence-corrected chi connectivity index (χ0v) is 15.0. The van der Waals surface area contributed by atoms with Gasteiger partial charge in [-0.05, 0) is 43.6 Å². The Morgan fingerprint density at radius 2 is 1.81 bits per heavy atom. The third-order valence-corrected chi connectivity index (χ3v) is 5.08. The Kier molecular flexibility index (Phi) is 4.98. The van der Waals surface area contributed by atoms with Gasteiger partial charge in [0.2, 0.25) is 0 Å². The molecule has 3 aromatic rings. The van der Waals surface area contributed by atoms with Crippen molar-refractivity contribution in [1.82, 2.24) is 19.6 Å². The number of carbonyl (C=O) groups excluding carboxylic acids is 1. The molecule has 0 bridgehead atoms. The van der Waals surface area contributed by atoms with Crippen LogP contribution in [0.2, 0.25) is 0 Å². The lowest BCUT2D eigenvalue weighted by atomic mass is 10.1. The van der Waals surface area contributed by atoms with Crippen LogP contribution in [0.3, 0.4) is 0 Å². The van der Waals surface area contributed by atoms with E-state index in [1.54, 1.807) is 18.3 Å². The summed E-state index contributed by atoms with van der Waals surface area (Å²) in [6.07, 6.45) is 5.33. The highest BCUT2D eigenvalue weighted by molar-refractivity contribution is 5.93. The zero-order chi connectivity index (χ0) is 18.6. The molecule has 4 rings (SSSR count). The van der Waals surface area contributed by atoms with Gasteiger partial charge in [0.05, 0.1) is 6.04 Å². The molecule has 1 aromatic carbocycles. The highest BCUT2D eigenvalue weighted by atomic mass is 16.2. The first-order valence-electron chi connectivity index (χ1n) is 9.27. The molecule has 138 valence electrons. The quantitative estimate of drug-likeness (QED) is 0.756. The number of rotatable bonds is 5. The second kappa shape index (κ2) is 7.72. The molecule has 6 nitrogen and oxygen atoms in total. The molecule has 0 aliphatic carbocycles. The third-order valence-electron chi connectivity index (χ3n) is 5.08. The van der Waals surface area contributed by atoms with E-state index in [0.29, 0.717) is 12.2 Å². The Morgan fingerprint density at radius 3 is 2.59 bits per heavy atom. The van der Waals surface area contributed by atoms with Gasteiger partial charge in [-0.2, -0.15) is 0 Å². The van der Waals surface area contributed by atoms with Crippen molar-refractivity contribution in [2.45, 2.75) is 18.9 Å². The van der Waals surface area contributed by atoms with Crippen molar-refractivity contribution in [2.75, 3.05) is 19.6 Å². The van der Waals surface area contributed by atoms with Gasteiger partial charge < -0.3 is 5.32 Å². The molecule has 0 unspecified atom stereocenters. The molecule has 27 heavy (non-hydrogen) atoms.